The van der Waals surface area contributed by atoms with E-state index in [1.165, 1.54) is 4.68 Å². The van der Waals surface area contributed by atoms with Crippen molar-refractivity contribution in [3.63, 3.8) is 0 Å². The molecule has 0 saturated carbocycles. The molecular formula is C12H12ClN3O. The summed E-state index contributed by atoms with van der Waals surface area (Å²) >= 11 is 5.86. The van der Waals surface area contributed by atoms with Crippen molar-refractivity contribution in [3.8, 4) is 11.3 Å². The molecule has 5 heteroatoms. The molecule has 0 spiro atoms. The van der Waals surface area contributed by atoms with E-state index in [-0.39, 0.29) is 10.6 Å². The molecule has 0 unspecified atom stereocenters. The molecular weight excluding hydrogens is 238 g/mol. The number of nitrogens with zero attached hydrogens (tertiary/aromatic N) is 2. The van der Waals surface area contributed by atoms with Crippen molar-refractivity contribution in [2.75, 3.05) is 5.73 Å². The maximum Gasteiger partial charge on any atom is 0.285 e. The molecule has 17 heavy (non-hydrogen) atoms. The van der Waals surface area contributed by atoms with Gasteiger partial charge in [0.15, 0.2) is 0 Å². The number of benzene rings is 1. The Morgan fingerprint density at radius 2 is 2.06 bits per heavy atom. The van der Waals surface area contributed by atoms with Crippen LogP contribution in [0.1, 0.15) is 5.56 Å². The Balaban J connectivity index is 2.69. The predicted octanol–water partition coefficient (Wildman–Crippen LogP) is 1.99. The fourth-order valence-corrected chi connectivity index (χ4v) is 1.85. The minimum atomic E-state index is -0.308. The molecule has 2 aromatic rings. The van der Waals surface area contributed by atoms with Crippen LogP contribution in [0.15, 0.2) is 29.1 Å². The van der Waals surface area contributed by atoms with Gasteiger partial charge in [0.2, 0.25) is 0 Å². The van der Waals surface area contributed by atoms with Crippen LogP contribution in [0.25, 0.3) is 11.3 Å². The Morgan fingerprint density at radius 1 is 1.35 bits per heavy atom. The van der Waals surface area contributed by atoms with Gasteiger partial charge < -0.3 is 5.73 Å². The van der Waals surface area contributed by atoms with Crippen LogP contribution in [0.3, 0.4) is 0 Å². The summed E-state index contributed by atoms with van der Waals surface area (Å²) in [6.07, 6.45) is 0. The number of hydrogen-bond donors (Lipinski definition) is 1. The van der Waals surface area contributed by atoms with E-state index in [9.17, 15) is 4.79 Å². The zero-order valence-corrected chi connectivity index (χ0v) is 10.3. The monoisotopic (exact) mass is 249 g/mol. The minimum Gasteiger partial charge on any atom is -0.399 e. The molecule has 88 valence electrons. The fourth-order valence-electron chi connectivity index (χ4n) is 1.62. The van der Waals surface area contributed by atoms with Crippen LogP contribution in [-0.2, 0) is 7.05 Å². The molecule has 0 aliphatic carbocycles. The molecule has 1 heterocycles. The van der Waals surface area contributed by atoms with Gasteiger partial charge in [0.25, 0.3) is 5.56 Å². The van der Waals surface area contributed by atoms with E-state index < -0.39 is 0 Å². The molecule has 0 saturated heterocycles. The maximum atomic E-state index is 11.4. The van der Waals surface area contributed by atoms with Crippen LogP contribution in [0.5, 0.6) is 0 Å². The highest BCUT2D eigenvalue weighted by atomic mass is 35.5. The van der Waals surface area contributed by atoms with Gasteiger partial charge in [-0.1, -0.05) is 17.7 Å². The first kappa shape index (κ1) is 11.7. The third-order valence-electron chi connectivity index (χ3n) is 2.56. The molecule has 0 amide bonds. The minimum absolute atomic E-state index is 0.152. The van der Waals surface area contributed by atoms with Gasteiger partial charge in [0.05, 0.1) is 5.69 Å². The summed E-state index contributed by atoms with van der Waals surface area (Å²) in [5, 5.41) is 4.32. The normalized spacial score (nSPS) is 10.5. The number of aryl methyl sites for hydroxylation is 2. The zero-order chi connectivity index (χ0) is 12.6. The molecule has 0 aliphatic rings. The molecule has 4 nitrogen and oxygen atoms in total. The number of anilines is 1. The van der Waals surface area contributed by atoms with Crippen LogP contribution in [0.4, 0.5) is 5.69 Å². The highest BCUT2D eigenvalue weighted by Crippen LogP contribution is 2.24. The highest BCUT2D eigenvalue weighted by Gasteiger charge is 2.08. The van der Waals surface area contributed by atoms with Crippen LogP contribution >= 0.6 is 11.6 Å². The van der Waals surface area contributed by atoms with Crippen LogP contribution in [0.2, 0.25) is 5.02 Å². The Labute approximate surface area is 104 Å². The lowest BCUT2D eigenvalue weighted by Crippen LogP contribution is -2.20. The maximum absolute atomic E-state index is 11.4. The van der Waals surface area contributed by atoms with Crippen molar-refractivity contribution < 1.29 is 0 Å². The first-order valence-corrected chi connectivity index (χ1v) is 5.47. The van der Waals surface area contributed by atoms with Crippen molar-refractivity contribution >= 4 is 17.3 Å². The van der Waals surface area contributed by atoms with Crippen LogP contribution in [-0.4, -0.2) is 9.78 Å². The molecule has 1 aromatic heterocycles. The second-order valence-corrected chi connectivity index (χ2v) is 4.29. The number of nitrogens with two attached hydrogens (primary N) is 1. The van der Waals surface area contributed by atoms with E-state index in [1.54, 1.807) is 13.1 Å². The standard InChI is InChI=1S/C12H12ClN3O/c1-7-3-4-8(14)5-9(7)11-6-10(13)12(17)16(2)15-11/h3-6H,14H2,1-2H3. The van der Waals surface area contributed by atoms with Crippen molar-refractivity contribution in [2.24, 2.45) is 7.05 Å². The van der Waals surface area contributed by atoms with E-state index >= 15 is 0 Å². The van der Waals surface area contributed by atoms with E-state index in [1.807, 2.05) is 25.1 Å². The fraction of sp³-hybridized carbons (Fsp3) is 0.167. The molecule has 0 atom stereocenters. The SMILES string of the molecule is Cc1ccc(N)cc1-c1cc(Cl)c(=O)n(C)n1. The van der Waals surface area contributed by atoms with Crippen LogP contribution in [0, 0.1) is 6.92 Å². The second-order valence-electron chi connectivity index (χ2n) is 3.88. The van der Waals surface area contributed by atoms with Gasteiger partial charge in [-0.3, -0.25) is 4.79 Å². The van der Waals surface area contributed by atoms with Crippen molar-refractivity contribution in [1.29, 1.82) is 0 Å². The first-order chi connectivity index (χ1) is 7.99. The summed E-state index contributed by atoms with van der Waals surface area (Å²) < 4.78 is 1.22. The number of aromatic nitrogens is 2. The lowest BCUT2D eigenvalue weighted by atomic mass is 10.0. The Bertz CT molecular complexity index is 608. The van der Waals surface area contributed by atoms with E-state index in [0.717, 1.165) is 11.1 Å². The molecule has 0 bridgehead atoms. The predicted molar refractivity (Wildman–Crippen MR) is 69.1 cm³/mol. The first-order valence-electron chi connectivity index (χ1n) is 5.09. The quantitative estimate of drug-likeness (QED) is 0.787. The summed E-state index contributed by atoms with van der Waals surface area (Å²) in [6, 6.07) is 7.11. The van der Waals surface area contributed by atoms with Gasteiger partial charge in [-0.2, -0.15) is 5.10 Å². The van der Waals surface area contributed by atoms with Gasteiger partial charge in [0.1, 0.15) is 5.02 Å². The molecule has 2 rings (SSSR count). The Kier molecular flexibility index (Phi) is 2.90. The van der Waals surface area contributed by atoms with Crippen molar-refractivity contribution in [1.82, 2.24) is 9.78 Å². The van der Waals surface area contributed by atoms with Gasteiger partial charge in [-0.25, -0.2) is 4.68 Å². The lowest BCUT2D eigenvalue weighted by molar-refractivity contribution is 0.712. The molecule has 0 aliphatic heterocycles. The van der Waals surface area contributed by atoms with Gasteiger partial charge in [-0.15, -0.1) is 0 Å². The molecule has 0 radical (unpaired) electrons. The third-order valence-corrected chi connectivity index (χ3v) is 2.83. The number of rotatable bonds is 1. The number of nitrogen functional groups attached to an aromatic ring is 1. The molecule has 2 N–H and O–H groups in total. The topological polar surface area (TPSA) is 60.9 Å². The average Bonchev–Trinajstić information content (AvgIpc) is 2.28. The summed E-state index contributed by atoms with van der Waals surface area (Å²) in [7, 11) is 1.57. The van der Waals surface area contributed by atoms with Crippen molar-refractivity contribution in [2.45, 2.75) is 6.92 Å². The van der Waals surface area contributed by atoms with Gasteiger partial charge in [-0.05, 0) is 30.7 Å². The van der Waals surface area contributed by atoms with Gasteiger partial charge in [0, 0.05) is 18.3 Å². The summed E-state index contributed by atoms with van der Waals surface area (Å²) in [5.74, 6) is 0. The number of hydrogen-bond acceptors (Lipinski definition) is 3. The lowest BCUT2D eigenvalue weighted by Gasteiger charge is -2.08. The summed E-state index contributed by atoms with van der Waals surface area (Å²) in [4.78, 5) is 11.4. The smallest absolute Gasteiger partial charge is 0.285 e. The second kappa shape index (κ2) is 4.22. The van der Waals surface area contributed by atoms with E-state index in [0.29, 0.717) is 11.4 Å². The van der Waals surface area contributed by atoms with E-state index in [2.05, 4.69) is 5.10 Å². The van der Waals surface area contributed by atoms with Crippen molar-refractivity contribution in [3.05, 3.63) is 45.2 Å². The summed E-state index contributed by atoms with van der Waals surface area (Å²) in [5.41, 5.74) is 8.63. The average molecular weight is 250 g/mol. The summed E-state index contributed by atoms with van der Waals surface area (Å²) in [6.45, 7) is 1.95. The molecule has 1 aromatic carbocycles. The zero-order valence-electron chi connectivity index (χ0n) is 9.57. The third kappa shape index (κ3) is 2.17. The number of halogens is 1. The Hall–Kier alpha value is -1.81. The largest absolute Gasteiger partial charge is 0.399 e. The molecule has 0 fully saturated rings. The van der Waals surface area contributed by atoms with E-state index in [4.69, 9.17) is 17.3 Å². The van der Waals surface area contributed by atoms with Gasteiger partial charge >= 0.3 is 0 Å². The van der Waals surface area contributed by atoms with Crippen LogP contribution < -0.4 is 11.3 Å². The highest BCUT2D eigenvalue weighted by molar-refractivity contribution is 6.30. The Morgan fingerprint density at radius 3 is 2.71 bits per heavy atom.